The maximum atomic E-state index is 11.6. The highest BCUT2D eigenvalue weighted by Crippen LogP contribution is 2.39. The number of amides is 1. The first-order valence-electron chi connectivity index (χ1n) is 6.30. The van der Waals surface area contributed by atoms with E-state index in [-0.39, 0.29) is 5.91 Å². The van der Waals surface area contributed by atoms with E-state index in [9.17, 15) is 4.79 Å². The number of aromatic nitrogens is 1. The average Bonchev–Trinajstić information content (AvgIpc) is 3.20. The predicted molar refractivity (Wildman–Crippen MR) is 81.0 cm³/mol. The van der Waals surface area contributed by atoms with Crippen LogP contribution >= 0.6 is 11.3 Å². The lowest BCUT2D eigenvalue weighted by molar-refractivity contribution is -0.111. The summed E-state index contributed by atoms with van der Waals surface area (Å²) in [5, 5.41) is 3.22. The zero-order valence-corrected chi connectivity index (χ0v) is 12.0. The Bertz CT molecular complexity index is 703. The molecule has 0 atom stereocenters. The molecule has 3 heterocycles. The van der Waals surface area contributed by atoms with Crippen molar-refractivity contribution in [3.05, 3.63) is 48.9 Å². The van der Waals surface area contributed by atoms with Crippen molar-refractivity contribution in [3.63, 3.8) is 0 Å². The van der Waals surface area contributed by atoms with Crippen molar-refractivity contribution in [1.29, 1.82) is 0 Å². The summed E-state index contributed by atoms with van der Waals surface area (Å²) < 4.78 is 10.8. The number of allylic oxidation sites excluding steroid dienone is 1. The second kappa shape index (κ2) is 5.80. The van der Waals surface area contributed by atoms with E-state index in [1.165, 1.54) is 17.4 Å². The Kier molecular flexibility index (Phi) is 3.70. The molecule has 0 aliphatic carbocycles. The largest absolute Gasteiger partial charge is 0.463 e. The lowest BCUT2D eigenvalue weighted by atomic mass is 10.2. The number of carbonyl (C=O) groups is 1. The molecule has 0 unspecified atom stereocenters. The number of anilines is 1. The van der Waals surface area contributed by atoms with Gasteiger partial charge in [-0.3, -0.25) is 10.1 Å². The first-order valence-corrected chi connectivity index (χ1v) is 7.12. The van der Waals surface area contributed by atoms with Crippen molar-refractivity contribution in [2.75, 3.05) is 5.32 Å². The van der Waals surface area contributed by atoms with Gasteiger partial charge in [-0.15, -0.1) is 0 Å². The number of nitrogens with zero attached hydrogens (tertiary/aromatic N) is 1. The fourth-order valence-electron chi connectivity index (χ4n) is 1.83. The molecule has 0 radical (unpaired) electrons. The van der Waals surface area contributed by atoms with Gasteiger partial charge in [0.1, 0.15) is 16.3 Å². The van der Waals surface area contributed by atoms with Gasteiger partial charge in [0.05, 0.1) is 12.5 Å². The molecule has 0 spiro atoms. The van der Waals surface area contributed by atoms with Gasteiger partial charge in [0.15, 0.2) is 10.9 Å². The molecule has 0 saturated carbocycles. The number of hydrogen-bond donors (Lipinski definition) is 1. The Morgan fingerprint density at radius 2 is 1.95 bits per heavy atom. The van der Waals surface area contributed by atoms with Crippen molar-refractivity contribution in [3.8, 4) is 22.1 Å². The van der Waals surface area contributed by atoms with Gasteiger partial charge in [-0.1, -0.05) is 17.4 Å². The van der Waals surface area contributed by atoms with Crippen LogP contribution in [0.5, 0.6) is 0 Å². The molecular formula is C15H12N2O3S. The van der Waals surface area contributed by atoms with Crippen molar-refractivity contribution >= 4 is 22.4 Å². The summed E-state index contributed by atoms with van der Waals surface area (Å²) in [6.45, 7) is 1.78. The van der Waals surface area contributed by atoms with Crippen LogP contribution < -0.4 is 5.32 Å². The van der Waals surface area contributed by atoms with Gasteiger partial charge in [-0.25, -0.2) is 4.98 Å². The van der Waals surface area contributed by atoms with E-state index >= 15 is 0 Å². The molecule has 21 heavy (non-hydrogen) atoms. The van der Waals surface area contributed by atoms with E-state index in [2.05, 4.69) is 10.3 Å². The highest BCUT2D eigenvalue weighted by atomic mass is 32.1. The topological polar surface area (TPSA) is 68.3 Å². The van der Waals surface area contributed by atoms with Crippen LogP contribution in [0.15, 0.2) is 57.8 Å². The minimum Gasteiger partial charge on any atom is -0.463 e. The molecule has 3 rings (SSSR count). The van der Waals surface area contributed by atoms with Crippen molar-refractivity contribution < 1.29 is 13.6 Å². The molecule has 0 aliphatic rings. The van der Waals surface area contributed by atoms with Gasteiger partial charge in [-0.05, 0) is 37.3 Å². The van der Waals surface area contributed by atoms with Crippen molar-refractivity contribution in [2.24, 2.45) is 0 Å². The molecule has 0 bridgehead atoms. The molecule has 0 fully saturated rings. The van der Waals surface area contributed by atoms with E-state index in [1.807, 2.05) is 12.1 Å². The van der Waals surface area contributed by atoms with Crippen LogP contribution in [-0.2, 0) is 4.79 Å². The molecule has 0 aliphatic heterocycles. The summed E-state index contributed by atoms with van der Waals surface area (Å²) in [4.78, 5) is 16.9. The van der Waals surface area contributed by atoms with Gasteiger partial charge in [0.25, 0.3) is 0 Å². The predicted octanol–water partition coefficient (Wildman–Crippen LogP) is 4.18. The van der Waals surface area contributed by atoms with Crippen LogP contribution in [0.2, 0.25) is 0 Å². The van der Waals surface area contributed by atoms with Gasteiger partial charge < -0.3 is 8.83 Å². The van der Waals surface area contributed by atoms with Crippen LogP contribution in [0.3, 0.4) is 0 Å². The summed E-state index contributed by atoms with van der Waals surface area (Å²) >= 11 is 1.34. The number of hydrogen-bond acceptors (Lipinski definition) is 5. The van der Waals surface area contributed by atoms with Crippen molar-refractivity contribution in [2.45, 2.75) is 6.92 Å². The van der Waals surface area contributed by atoms with E-state index in [4.69, 9.17) is 8.83 Å². The SMILES string of the molecule is C/C=C/C(=O)Nc1nc(-c2ccco2)c(-c2ccco2)s1. The van der Waals surface area contributed by atoms with E-state index in [1.54, 1.807) is 37.7 Å². The molecule has 0 aromatic carbocycles. The fraction of sp³-hybridized carbons (Fsp3) is 0.0667. The van der Waals surface area contributed by atoms with Gasteiger partial charge >= 0.3 is 0 Å². The molecule has 1 amide bonds. The molecule has 6 heteroatoms. The quantitative estimate of drug-likeness (QED) is 0.734. The third kappa shape index (κ3) is 2.80. The third-order valence-corrected chi connectivity index (χ3v) is 3.66. The van der Waals surface area contributed by atoms with Crippen LogP contribution in [0.4, 0.5) is 5.13 Å². The minimum atomic E-state index is -0.219. The zero-order chi connectivity index (χ0) is 14.7. The van der Waals surface area contributed by atoms with E-state index in [0.29, 0.717) is 22.3 Å². The zero-order valence-electron chi connectivity index (χ0n) is 11.2. The summed E-state index contributed by atoms with van der Waals surface area (Å²) in [5.74, 6) is 1.10. The van der Waals surface area contributed by atoms with Crippen LogP contribution in [0, 0.1) is 0 Å². The Hall–Kier alpha value is -2.60. The standard InChI is InChI=1S/C15H12N2O3S/c1-2-5-12(18)16-15-17-13(10-6-3-8-19-10)14(21-15)11-7-4-9-20-11/h2-9H,1H3,(H,16,17,18)/b5-2+. The Labute approximate surface area is 124 Å². The first kappa shape index (κ1) is 13.4. The fourth-order valence-corrected chi connectivity index (χ4v) is 2.77. The molecule has 5 nitrogen and oxygen atoms in total. The molecule has 3 aromatic heterocycles. The molecular weight excluding hydrogens is 288 g/mol. The monoisotopic (exact) mass is 300 g/mol. The minimum absolute atomic E-state index is 0.219. The van der Waals surface area contributed by atoms with Crippen LogP contribution in [-0.4, -0.2) is 10.9 Å². The number of carbonyl (C=O) groups excluding carboxylic acids is 1. The summed E-state index contributed by atoms with van der Waals surface area (Å²) in [6, 6.07) is 7.26. The Morgan fingerprint density at radius 1 is 1.24 bits per heavy atom. The lowest BCUT2D eigenvalue weighted by Crippen LogP contribution is -2.07. The lowest BCUT2D eigenvalue weighted by Gasteiger charge is -1.94. The summed E-state index contributed by atoms with van der Waals surface area (Å²) in [5.41, 5.74) is 0.649. The highest BCUT2D eigenvalue weighted by molar-refractivity contribution is 7.19. The number of rotatable bonds is 4. The Balaban J connectivity index is 2.01. The van der Waals surface area contributed by atoms with Gasteiger partial charge in [0.2, 0.25) is 5.91 Å². The van der Waals surface area contributed by atoms with Gasteiger partial charge in [0, 0.05) is 0 Å². The third-order valence-electron chi connectivity index (χ3n) is 2.67. The normalized spacial score (nSPS) is 11.1. The first-order chi connectivity index (χ1) is 10.3. The maximum absolute atomic E-state index is 11.6. The molecule has 3 aromatic rings. The second-order valence-corrected chi connectivity index (χ2v) is 5.14. The Morgan fingerprint density at radius 3 is 2.57 bits per heavy atom. The number of furan rings is 2. The summed E-state index contributed by atoms with van der Waals surface area (Å²) in [6.07, 6.45) is 6.29. The van der Waals surface area contributed by atoms with Crippen LogP contribution in [0.25, 0.3) is 22.1 Å². The number of nitrogens with one attached hydrogen (secondary N) is 1. The van der Waals surface area contributed by atoms with Crippen molar-refractivity contribution in [1.82, 2.24) is 4.98 Å². The number of thiazole rings is 1. The van der Waals surface area contributed by atoms with E-state index in [0.717, 1.165) is 4.88 Å². The average molecular weight is 300 g/mol. The highest BCUT2D eigenvalue weighted by Gasteiger charge is 2.19. The molecule has 0 saturated heterocycles. The smallest absolute Gasteiger partial charge is 0.249 e. The van der Waals surface area contributed by atoms with E-state index < -0.39 is 0 Å². The second-order valence-electron chi connectivity index (χ2n) is 4.14. The molecule has 1 N–H and O–H groups in total. The maximum Gasteiger partial charge on any atom is 0.249 e. The molecule has 106 valence electrons. The summed E-state index contributed by atoms with van der Waals surface area (Å²) in [7, 11) is 0. The van der Waals surface area contributed by atoms with Crippen LogP contribution in [0.1, 0.15) is 6.92 Å². The van der Waals surface area contributed by atoms with Gasteiger partial charge in [-0.2, -0.15) is 0 Å².